The van der Waals surface area contributed by atoms with Gasteiger partial charge in [0.2, 0.25) is 0 Å². The van der Waals surface area contributed by atoms with Crippen LogP contribution in [-0.4, -0.2) is 47.5 Å². The molecule has 1 aliphatic rings. The summed E-state index contributed by atoms with van der Waals surface area (Å²) in [6, 6.07) is 5.71. The van der Waals surface area contributed by atoms with Gasteiger partial charge in [0.15, 0.2) is 0 Å². The van der Waals surface area contributed by atoms with E-state index in [0.29, 0.717) is 11.4 Å². The average Bonchev–Trinajstić information content (AvgIpc) is 2.47. The molecule has 0 spiro atoms. The first kappa shape index (κ1) is 14.3. The molecule has 1 amide bonds. The SMILES string of the molecule is CC(C)(C#N)N1CCN(c2ncccc2C(N)=O)CC1. The van der Waals surface area contributed by atoms with Crippen molar-refractivity contribution in [3.05, 3.63) is 23.9 Å². The maximum Gasteiger partial charge on any atom is 0.252 e. The van der Waals surface area contributed by atoms with Crippen molar-refractivity contribution in [3.63, 3.8) is 0 Å². The molecule has 2 N–H and O–H groups in total. The summed E-state index contributed by atoms with van der Waals surface area (Å²) >= 11 is 0. The average molecular weight is 273 g/mol. The third-order valence-corrected chi connectivity index (χ3v) is 3.70. The Bertz CT molecular complexity index is 541. The maximum absolute atomic E-state index is 11.4. The van der Waals surface area contributed by atoms with Gasteiger partial charge in [-0.3, -0.25) is 9.69 Å². The Morgan fingerprint density at radius 2 is 2.05 bits per heavy atom. The summed E-state index contributed by atoms with van der Waals surface area (Å²) in [7, 11) is 0. The van der Waals surface area contributed by atoms with Crippen molar-refractivity contribution in [2.45, 2.75) is 19.4 Å². The third kappa shape index (κ3) is 2.73. The summed E-state index contributed by atoms with van der Waals surface area (Å²) < 4.78 is 0. The highest BCUT2D eigenvalue weighted by Gasteiger charge is 2.30. The van der Waals surface area contributed by atoms with Crippen molar-refractivity contribution in [1.82, 2.24) is 9.88 Å². The van der Waals surface area contributed by atoms with Gasteiger partial charge in [-0.05, 0) is 26.0 Å². The second-order valence-corrected chi connectivity index (χ2v) is 5.38. The molecule has 106 valence electrons. The number of piperazine rings is 1. The van der Waals surface area contributed by atoms with E-state index in [1.807, 2.05) is 18.7 Å². The molecule has 6 heteroatoms. The number of carbonyl (C=O) groups excluding carboxylic acids is 1. The fraction of sp³-hybridized carbons (Fsp3) is 0.500. The van der Waals surface area contributed by atoms with Gasteiger partial charge in [-0.1, -0.05) is 0 Å². The summed E-state index contributed by atoms with van der Waals surface area (Å²) in [5, 5.41) is 9.17. The Labute approximate surface area is 118 Å². The van der Waals surface area contributed by atoms with Crippen LogP contribution in [0.2, 0.25) is 0 Å². The summed E-state index contributed by atoms with van der Waals surface area (Å²) in [4.78, 5) is 19.9. The Balaban J connectivity index is 2.12. The summed E-state index contributed by atoms with van der Waals surface area (Å²) in [6.45, 7) is 6.80. The molecule has 0 aliphatic carbocycles. The topological polar surface area (TPSA) is 86.2 Å². The first-order valence-electron chi connectivity index (χ1n) is 6.62. The second-order valence-electron chi connectivity index (χ2n) is 5.38. The summed E-state index contributed by atoms with van der Waals surface area (Å²) in [6.07, 6.45) is 1.66. The Morgan fingerprint density at radius 1 is 1.40 bits per heavy atom. The first-order chi connectivity index (χ1) is 9.45. The zero-order valence-electron chi connectivity index (χ0n) is 11.8. The van der Waals surface area contributed by atoms with Crippen LogP contribution in [-0.2, 0) is 0 Å². The van der Waals surface area contributed by atoms with Crippen LogP contribution in [0.4, 0.5) is 5.82 Å². The standard InChI is InChI=1S/C14H19N5O/c1-14(2,10-15)19-8-6-18(7-9-19)13-11(12(16)20)4-3-5-17-13/h3-5H,6-9H2,1-2H3,(H2,16,20). The number of nitrogens with zero attached hydrogens (tertiary/aromatic N) is 4. The lowest BCUT2D eigenvalue weighted by atomic mass is 10.0. The number of aromatic nitrogens is 1. The number of amides is 1. The molecule has 1 saturated heterocycles. The number of anilines is 1. The van der Waals surface area contributed by atoms with Gasteiger partial charge in [-0.25, -0.2) is 4.98 Å². The lowest BCUT2D eigenvalue weighted by molar-refractivity contribution is 0.1000. The van der Waals surface area contributed by atoms with Crippen molar-refractivity contribution in [2.24, 2.45) is 5.73 Å². The molecule has 0 atom stereocenters. The van der Waals surface area contributed by atoms with Crippen LogP contribution in [0.15, 0.2) is 18.3 Å². The molecular formula is C14H19N5O. The zero-order valence-corrected chi connectivity index (χ0v) is 11.8. The first-order valence-corrected chi connectivity index (χ1v) is 6.62. The Hall–Kier alpha value is -2.13. The number of nitrogens with two attached hydrogens (primary N) is 1. The van der Waals surface area contributed by atoms with E-state index in [4.69, 9.17) is 11.0 Å². The van der Waals surface area contributed by atoms with Gasteiger partial charge in [-0.2, -0.15) is 5.26 Å². The second kappa shape index (κ2) is 5.47. The fourth-order valence-electron chi connectivity index (χ4n) is 2.39. The number of rotatable bonds is 3. The van der Waals surface area contributed by atoms with Crippen molar-refractivity contribution in [2.75, 3.05) is 31.1 Å². The van der Waals surface area contributed by atoms with E-state index in [2.05, 4.69) is 16.0 Å². The molecule has 0 unspecified atom stereocenters. The number of hydrogen-bond acceptors (Lipinski definition) is 5. The van der Waals surface area contributed by atoms with Crippen molar-refractivity contribution in [3.8, 4) is 6.07 Å². The molecule has 6 nitrogen and oxygen atoms in total. The quantitative estimate of drug-likeness (QED) is 0.871. The number of nitriles is 1. The highest BCUT2D eigenvalue weighted by atomic mass is 16.1. The van der Waals surface area contributed by atoms with Crippen LogP contribution in [0.5, 0.6) is 0 Å². The van der Waals surface area contributed by atoms with E-state index in [9.17, 15) is 4.79 Å². The van der Waals surface area contributed by atoms with Crippen LogP contribution in [0.3, 0.4) is 0 Å². The molecule has 1 aromatic rings. The van der Waals surface area contributed by atoms with Crippen LogP contribution in [0.1, 0.15) is 24.2 Å². The minimum absolute atomic E-state index is 0.445. The molecule has 20 heavy (non-hydrogen) atoms. The van der Waals surface area contributed by atoms with Crippen molar-refractivity contribution < 1.29 is 4.79 Å². The van der Waals surface area contributed by atoms with Crippen molar-refractivity contribution in [1.29, 1.82) is 5.26 Å². The van der Waals surface area contributed by atoms with Gasteiger partial charge in [0.25, 0.3) is 5.91 Å². The Kier molecular flexibility index (Phi) is 3.91. The molecule has 1 aromatic heterocycles. The molecule has 2 heterocycles. The number of hydrogen-bond donors (Lipinski definition) is 1. The van der Waals surface area contributed by atoms with Gasteiger partial charge in [0, 0.05) is 32.4 Å². The van der Waals surface area contributed by atoms with Crippen molar-refractivity contribution >= 4 is 11.7 Å². The number of carbonyl (C=O) groups is 1. The van der Waals surface area contributed by atoms with E-state index in [1.165, 1.54) is 0 Å². The molecule has 0 saturated carbocycles. The number of pyridine rings is 1. The molecule has 0 radical (unpaired) electrons. The van der Waals surface area contributed by atoms with Gasteiger partial charge < -0.3 is 10.6 Å². The van der Waals surface area contributed by atoms with E-state index in [-0.39, 0.29) is 0 Å². The van der Waals surface area contributed by atoms with E-state index in [0.717, 1.165) is 26.2 Å². The van der Waals surface area contributed by atoms with Gasteiger partial charge in [0.1, 0.15) is 11.4 Å². The lowest BCUT2D eigenvalue weighted by Crippen LogP contribution is -2.54. The smallest absolute Gasteiger partial charge is 0.252 e. The zero-order chi connectivity index (χ0) is 14.8. The lowest BCUT2D eigenvalue weighted by Gasteiger charge is -2.41. The predicted molar refractivity (Wildman–Crippen MR) is 76.2 cm³/mol. The largest absolute Gasteiger partial charge is 0.365 e. The normalized spacial score (nSPS) is 16.8. The van der Waals surface area contributed by atoms with Gasteiger partial charge in [-0.15, -0.1) is 0 Å². The monoisotopic (exact) mass is 273 g/mol. The van der Waals surface area contributed by atoms with Crippen LogP contribution >= 0.6 is 0 Å². The van der Waals surface area contributed by atoms with Crippen LogP contribution < -0.4 is 10.6 Å². The molecule has 1 fully saturated rings. The molecule has 0 aromatic carbocycles. The molecule has 0 bridgehead atoms. The minimum atomic E-state index is -0.470. The highest BCUT2D eigenvalue weighted by molar-refractivity contribution is 5.97. The number of primary amides is 1. The summed E-state index contributed by atoms with van der Waals surface area (Å²) in [5.74, 6) is 0.169. The van der Waals surface area contributed by atoms with Gasteiger partial charge >= 0.3 is 0 Å². The fourth-order valence-corrected chi connectivity index (χ4v) is 2.39. The Morgan fingerprint density at radius 3 is 2.60 bits per heavy atom. The van der Waals surface area contributed by atoms with E-state index >= 15 is 0 Å². The van der Waals surface area contributed by atoms with Crippen LogP contribution in [0, 0.1) is 11.3 Å². The molecule has 2 rings (SSSR count). The molecular weight excluding hydrogens is 254 g/mol. The minimum Gasteiger partial charge on any atom is -0.365 e. The summed E-state index contributed by atoms with van der Waals surface area (Å²) in [5.41, 5.74) is 5.36. The predicted octanol–water partition coefficient (Wildman–Crippen LogP) is 0.605. The maximum atomic E-state index is 11.4. The molecule has 1 aliphatic heterocycles. The van der Waals surface area contributed by atoms with Crippen LogP contribution in [0.25, 0.3) is 0 Å². The third-order valence-electron chi connectivity index (χ3n) is 3.70. The van der Waals surface area contributed by atoms with Gasteiger partial charge in [0.05, 0.1) is 11.6 Å². The highest BCUT2D eigenvalue weighted by Crippen LogP contribution is 2.21. The van der Waals surface area contributed by atoms with E-state index in [1.54, 1.807) is 18.3 Å². The van der Waals surface area contributed by atoms with E-state index < -0.39 is 11.4 Å².